The molecule has 0 aromatic heterocycles. The summed E-state index contributed by atoms with van der Waals surface area (Å²) in [4.78, 5) is 23.5. The Kier molecular flexibility index (Phi) is 8.96. The molecule has 19 heavy (non-hydrogen) atoms. The Bertz CT molecular complexity index is 302. The summed E-state index contributed by atoms with van der Waals surface area (Å²) in [6.07, 6.45) is 5.66. The molecule has 2 N–H and O–H groups in total. The van der Waals surface area contributed by atoms with Gasteiger partial charge in [-0.2, -0.15) is 0 Å². The molecule has 0 atom stereocenters. The van der Waals surface area contributed by atoms with Crippen molar-refractivity contribution < 1.29 is 22.7 Å². The van der Waals surface area contributed by atoms with E-state index in [1.54, 1.807) is 0 Å². The zero-order valence-electron chi connectivity index (χ0n) is 14.0. The molecule has 1 saturated carbocycles. The van der Waals surface area contributed by atoms with Crippen molar-refractivity contribution in [1.82, 2.24) is 0 Å². The quantitative estimate of drug-likeness (QED) is 0.535. The minimum absolute atomic E-state index is 0. The van der Waals surface area contributed by atoms with Crippen molar-refractivity contribution in [3.05, 3.63) is 0 Å². The first kappa shape index (κ1) is 19.5. The van der Waals surface area contributed by atoms with E-state index in [9.17, 15) is 19.8 Å². The van der Waals surface area contributed by atoms with Crippen molar-refractivity contribution in [2.24, 2.45) is 17.3 Å². The van der Waals surface area contributed by atoms with Gasteiger partial charge in [0, 0.05) is 0 Å². The fraction of sp³-hybridized carbons (Fsp3) is 0.857. The molecule has 108 valence electrons. The zero-order valence-corrected chi connectivity index (χ0v) is 16.5. The second kappa shape index (κ2) is 8.72. The van der Waals surface area contributed by atoms with Crippen molar-refractivity contribution in [2.45, 2.75) is 58.8 Å². The summed E-state index contributed by atoms with van der Waals surface area (Å²) in [7, 11) is 0. The second-order valence-corrected chi connectivity index (χ2v) is 5.33. The number of hydrogen-bond donors (Lipinski definition) is 2. The minimum Gasteiger partial charge on any atom is -1.00 e. The maximum absolute atomic E-state index is 11.7. The van der Waals surface area contributed by atoms with Gasteiger partial charge in [0.25, 0.3) is 0 Å². The van der Waals surface area contributed by atoms with Crippen molar-refractivity contribution in [3.8, 4) is 0 Å². The van der Waals surface area contributed by atoms with E-state index in [4.69, 9.17) is 0 Å². The summed E-state index contributed by atoms with van der Waals surface area (Å²) in [5.74, 6) is -2.78. The first-order valence-electron chi connectivity index (χ1n) is 6.98. The molecule has 1 aliphatic rings. The summed E-state index contributed by atoms with van der Waals surface area (Å²) in [6.45, 7) is 3.77. The zero-order chi connectivity index (χ0) is 13.8. The minimum atomic E-state index is -1.58. The Labute approximate surface area is 158 Å². The maximum Gasteiger partial charge on any atom is 2.00 e. The van der Waals surface area contributed by atoms with Gasteiger partial charge in [-0.05, 0) is 24.7 Å². The molecule has 0 aromatic rings. The molecular weight excluding hydrogens is 369 g/mol. The number of carbonyl (C=O) groups is 2. The van der Waals surface area contributed by atoms with Crippen LogP contribution in [-0.4, -0.2) is 71.0 Å². The van der Waals surface area contributed by atoms with Gasteiger partial charge in [-0.25, -0.2) is 0 Å². The van der Waals surface area contributed by atoms with Gasteiger partial charge in [0.1, 0.15) is 0 Å². The van der Waals surface area contributed by atoms with Gasteiger partial charge in [0.15, 0.2) is 5.41 Å². The Hall–Kier alpha value is 0.511. The van der Waals surface area contributed by atoms with E-state index in [2.05, 4.69) is 0 Å². The molecule has 1 fully saturated rings. The third-order valence-electron chi connectivity index (χ3n) is 4.59. The number of carboxylic acid groups (broad SMARTS) is 2. The van der Waals surface area contributed by atoms with Crippen LogP contribution in [-0.2, 0) is 9.59 Å². The van der Waals surface area contributed by atoms with Crippen LogP contribution in [0.4, 0.5) is 0 Å². The van der Waals surface area contributed by atoms with Crippen LogP contribution in [0.15, 0.2) is 0 Å². The van der Waals surface area contributed by atoms with E-state index in [-0.39, 0.29) is 63.6 Å². The molecule has 1 rings (SSSR count). The smallest absolute Gasteiger partial charge is 1.00 e. The monoisotopic (exact) mass is 396 g/mol. The average molecular weight is 396 g/mol. The topological polar surface area (TPSA) is 74.6 Å². The van der Waals surface area contributed by atoms with Crippen LogP contribution in [0.1, 0.15) is 61.6 Å². The molecule has 5 heteroatoms. The van der Waals surface area contributed by atoms with E-state index in [1.165, 1.54) is 0 Å². The van der Waals surface area contributed by atoms with Crippen LogP contribution in [0.2, 0.25) is 0 Å². The van der Waals surface area contributed by atoms with Gasteiger partial charge in [-0.1, -0.05) is 46.0 Å². The third-order valence-corrected chi connectivity index (χ3v) is 4.59. The van der Waals surface area contributed by atoms with E-state index in [0.717, 1.165) is 32.1 Å². The summed E-state index contributed by atoms with van der Waals surface area (Å²) in [5.41, 5.74) is -1.58. The molecule has 0 aliphatic heterocycles. The normalized spacial score (nSPS) is 17.0. The summed E-state index contributed by atoms with van der Waals surface area (Å²) in [6, 6.07) is 0. The van der Waals surface area contributed by atoms with Gasteiger partial charge >= 0.3 is 60.8 Å². The number of aliphatic carboxylic acids is 2. The van der Waals surface area contributed by atoms with Gasteiger partial charge in [-0.15, -0.1) is 0 Å². The molecule has 0 amide bonds. The van der Waals surface area contributed by atoms with Crippen molar-refractivity contribution >= 4 is 60.8 Å². The molecule has 0 spiro atoms. The fourth-order valence-electron chi connectivity index (χ4n) is 3.61. The van der Waals surface area contributed by atoms with Crippen LogP contribution in [0.3, 0.4) is 0 Å². The SMILES string of the molecule is CCC(CC)C(C(=O)O)(C(=O)O)C1CCCCC1.[Ba+2].[H-].[H-]. The Balaban J connectivity index is -0.00000108. The van der Waals surface area contributed by atoms with Crippen molar-refractivity contribution in [3.63, 3.8) is 0 Å². The summed E-state index contributed by atoms with van der Waals surface area (Å²) >= 11 is 0. The molecule has 4 nitrogen and oxygen atoms in total. The van der Waals surface area contributed by atoms with E-state index < -0.39 is 17.4 Å². The summed E-state index contributed by atoms with van der Waals surface area (Å²) < 4.78 is 0. The number of carboxylic acids is 2. The van der Waals surface area contributed by atoms with Crippen LogP contribution >= 0.6 is 0 Å². The Morgan fingerprint density at radius 2 is 1.53 bits per heavy atom. The van der Waals surface area contributed by atoms with Crippen LogP contribution in [0.25, 0.3) is 0 Å². The van der Waals surface area contributed by atoms with E-state index >= 15 is 0 Å². The standard InChI is InChI=1S/C14H24O4.Ba.2H/c1-3-10(4-2)14(12(15)16,13(17)18)11-8-6-5-7-9-11;;;/h10-11H,3-9H2,1-2H3,(H,15,16)(H,17,18);;;/q;+2;2*-1. The largest absolute Gasteiger partial charge is 2.00 e. The van der Waals surface area contributed by atoms with Crippen molar-refractivity contribution in [1.29, 1.82) is 0 Å². The van der Waals surface area contributed by atoms with Gasteiger partial charge in [0.05, 0.1) is 0 Å². The number of rotatable bonds is 6. The Morgan fingerprint density at radius 3 is 1.84 bits per heavy atom. The van der Waals surface area contributed by atoms with Gasteiger partial charge in [0.2, 0.25) is 0 Å². The predicted molar refractivity (Wildman–Crippen MR) is 76.3 cm³/mol. The molecule has 0 radical (unpaired) electrons. The van der Waals surface area contributed by atoms with E-state index in [1.807, 2.05) is 13.8 Å². The molecule has 0 bridgehead atoms. The molecule has 1 aliphatic carbocycles. The molecule has 0 saturated heterocycles. The van der Waals surface area contributed by atoms with E-state index in [0.29, 0.717) is 12.8 Å². The van der Waals surface area contributed by atoms with Crippen LogP contribution in [0.5, 0.6) is 0 Å². The van der Waals surface area contributed by atoms with Crippen molar-refractivity contribution in [2.75, 3.05) is 0 Å². The fourth-order valence-corrected chi connectivity index (χ4v) is 3.61. The maximum atomic E-state index is 11.7. The molecular formula is C14H26BaO4. The summed E-state index contributed by atoms with van der Waals surface area (Å²) in [5, 5.41) is 19.2. The molecule has 0 unspecified atom stereocenters. The first-order chi connectivity index (χ1) is 8.51. The van der Waals surface area contributed by atoms with Gasteiger partial charge < -0.3 is 13.1 Å². The Morgan fingerprint density at radius 1 is 1.11 bits per heavy atom. The van der Waals surface area contributed by atoms with Crippen LogP contribution < -0.4 is 0 Å². The molecule has 0 heterocycles. The third kappa shape index (κ3) is 3.79. The number of hydrogen-bond acceptors (Lipinski definition) is 2. The van der Waals surface area contributed by atoms with Gasteiger partial charge in [-0.3, -0.25) is 9.59 Å². The average Bonchev–Trinajstić information content (AvgIpc) is 2.35. The first-order valence-corrected chi connectivity index (χ1v) is 6.98. The predicted octanol–water partition coefficient (Wildman–Crippen LogP) is 3.00. The molecule has 0 aromatic carbocycles. The second-order valence-electron chi connectivity index (χ2n) is 5.33. The van der Waals surface area contributed by atoms with Crippen LogP contribution in [0, 0.1) is 17.3 Å².